The van der Waals surface area contributed by atoms with Gasteiger partial charge in [-0.1, -0.05) is 17.7 Å². The average molecular weight is 356 g/mol. The van der Waals surface area contributed by atoms with Gasteiger partial charge in [-0.25, -0.2) is 13.2 Å². The zero-order chi connectivity index (χ0) is 17.2. The summed E-state index contributed by atoms with van der Waals surface area (Å²) in [6.07, 6.45) is 1.35. The summed E-state index contributed by atoms with van der Waals surface area (Å²) in [4.78, 5) is 13.9. The number of rotatable bonds is 4. The highest BCUT2D eigenvalue weighted by molar-refractivity contribution is 7.91. The van der Waals surface area contributed by atoms with Crippen molar-refractivity contribution in [2.75, 3.05) is 13.1 Å². The molecule has 0 fully saturated rings. The average Bonchev–Trinajstić information content (AvgIpc) is 3.01. The van der Waals surface area contributed by atoms with Crippen molar-refractivity contribution in [2.45, 2.75) is 30.7 Å². The largest absolute Gasteiger partial charge is 0.344 e. The monoisotopic (exact) mass is 355 g/mol. The van der Waals surface area contributed by atoms with E-state index >= 15 is 0 Å². The lowest BCUT2D eigenvalue weighted by Crippen LogP contribution is -2.34. The number of amides is 1. The van der Waals surface area contributed by atoms with Crippen molar-refractivity contribution in [1.29, 1.82) is 0 Å². The van der Waals surface area contributed by atoms with Crippen LogP contribution in [0, 0.1) is 6.92 Å². The molecular weight excluding hydrogens is 338 g/mol. The summed E-state index contributed by atoms with van der Waals surface area (Å²) in [7, 11) is -3.83. The van der Waals surface area contributed by atoms with E-state index in [2.05, 4.69) is 5.10 Å². The Bertz CT molecular complexity index is 826. The van der Waals surface area contributed by atoms with Crippen LogP contribution in [0.5, 0.6) is 0 Å². The van der Waals surface area contributed by atoms with Gasteiger partial charge in [0.25, 0.3) is 0 Å². The van der Waals surface area contributed by atoms with Gasteiger partial charge in [-0.2, -0.15) is 9.78 Å². The first-order valence-electron chi connectivity index (χ1n) is 7.18. The van der Waals surface area contributed by atoms with Crippen LogP contribution in [-0.2, 0) is 9.84 Å². The first kappa shape index (κ1) is 17.5. The first-order valence-corrected chi connectivity index (χ1v) is 9.04. The number of nitrogens with zero attached hydrogens (tertiary/aromatic N) is 3. The molecule has 0 bridgehead atoms. The summed E-state index contributed by atoms with van der Waals surface area (Å²) in [6.45, 7) is 6.36. The van der Waals surface area contributed by atoms with Crippen molar-refractivity contribution in [3.8, 4) is 0 Å². The molecule has 1 amide bonds. The second kappa shape index (κ2) is 6.72. The van der Waals surface area contributed by atoms with Crippen LogP contribution in [0.2, 0.25) is 5.02 Å². The van der Waals surface area contributed by atoms with Crippen LogP contribution in [-0.4, -0.2) is 42.2 Å². The normalized spacial score (nSPS) is 11.5. The predicted octanol–water partition coefficient (Wildman–Crippen LogP) is 2.99. The van der Waals surface area contributed by atoms with Crippen LogP contribution in [0.4, 0.5) is 4.79 Å². The second-order valence-electron chi connectivity index (χ2n) is 4.92. The van der Waals surface area contributed by atoms with E-state index in [4.69, 9.17) is 11.6 Å². The molecule has 0 saturated heterocycles. The van der Waals surface area contributed by atoms with Gasteiger partial charge in [0.15, 0.2) is 5.03 Å². The van der Waals surface area contributed by atoms with E-state index in [1.165, 1.54) is 18.3 Å². The minimum atomic E-state index is -3.83. The molecule has 0 unspecified atom stereocenters. The molecule has 23 heavy (non-hydrogen) atoms. The minimum absolute atomic E-state index is 0.0885. The zero-order valence-corrected chi connectivity index (χ0v) is 14.7. The summed E-state index contributed by atoms with van der Waals surface area (Å²) in [6, 6.07) is 5.62. The zero-order valence-electron chi connectivity index (χ0n) is 13.2. The Kier molecular flexibility index (Phi) is 5.11. The Balaban J connectivity index is 2.43. The fraction of sp³-hybridized carbons (Fsp3) is 0.333. The molecule has 2 rings (SSSR count). The summed E-state index contributed by atoms with van der Waals surface area (Å²) in [5, 5.41) is 4.13. The molecule has 0 radical (unpaired) electrons. The van der Waals surface area contributed by atoms with Gasteiger partial charge in [-0.3, -0.25) is 0 Å². The molecule has 8 heteroatoms. The van der Waals surface area contributed by atoms with E-state index < -0.39 is 9.84 Å². The molecule has 6 nitrogen and oxygen atoms in total. The molecule has 0 spiro atoms. The van der Waals surface area contributed by atoms with Gasteiger partial charge in [0, 0.05) is 24.3 Å². The quantitative estimate of drug-likeness (QED) is 0.845. The Labute approximate surface area is 140 Å². The van der Waals surface area contributed by atoms with Gasteiger partial charge < -0.3 is 4.90 Å². The van der Waals surface area contributed by atoms with Gasteiger partial charge in [-0.15, -0.1) is 0 Å². The minimum Gasteiger partial charge on any atom is -0.323 e. The van der Waals surface area contributed by atoms with Crippen LogP contribution < -0.4 is 0 Å². The number of aromatic nitrogens is 2. The summed E-state index contributed by atoms with van der Waals surface area (Å²) in [5.74, 6) is 0. The maximum Gasteiger partial charge on any atom is 0.344 e. The second-order valence-corrected chi connectivity index (χ2v) is 7.19. The van der Waals surface area contributed by atoms with Crippen LogP contribution in [0.3, 0.4) is 0 Å². The fourth-order valence-electron chi connectivity index (χ4n) is 2.19. The third-order valence-corrected chi connectivity index (χ3v) is 5.78. The molecular formula is C15H18ClN3O3S. The van der Waals surface area contributed by atoms with E-state index in [0.29, 0.717) is 23.7 Å². The smallest absolute Gasteiger partial charge is 0.323 e. The maximum atomic E-state index is 12.7. The van der Waals surface area contributed by atoms with Gasteiger partial charge >= 0.3 is 6.03 Å². The van der Waals surface area contributed by atoms with Crippen molar-refractivity contribution in [1.82, 2.24) is 14.7 Å². The maximum absolute atomic E-state index is 12.7. The van der Waals surface area contributed by atoms with E-state index in [1.807, 2.05) is 13.8 Å². The Morgan fingerprint density at radius 2 is 1.91 bits per heavy atom. The predicted molar refractivity (Wildman–Crippen MR) is 87.6 cm³/mol. The molecule has 0 aliphatic rings. The number of carbonyl (C=O) groups excluding carboxylic acids is 1. The molecule has 0 saturated carbocycles. The Morgan fingerprint density at radius 1 is 1.26 bits per heavy atom. The van der Waals surface area contributed by atoms with E-state index in [9.17, 15) is 13.2 Å². The number of halogens is 1. The Morgan fingerprint density at radius 3 is 2.52 bits per heavy atom. The highest BCUT2D eigenvalue weighted by atomic mass is 35.5. The lowest BCUT2D eigenvalue weighted by atomic mass is 10.2. The standard InChI is InChI=1S/C15H18ClN3O3S/c1-4-18(5-2)15(20)19-10-9-14(17-19)23(21,22)13-8-6-7-12(16)11(13)3/h6-10H,4-5H2,1-3H3. The molecule has 1 aromatic heterocycles. The van der Waals surface area contributed by atoms with Crippen molar-refractivity contribution < 1.29 is 13.2 Å². The highest BCUT2D eigenvalue weighted by Crippen LogP contribution is 2.27. The molecule has 2 aromatic rings. The number of sulfone groups is 1. The molecule has 1 heterocycles. The topological polar surface area (TPSA) is 72.3 Å². The van der Waals surface area contributed by atoms with Crippen LogP contribution in [0.25, 0.3) is 0 Å². The van der Waals surface area contributed by atoms with Crippen molar-refractivity contribution >= 4 is 27.5 Å². The summed E-state index contributed by atoms with van der Waals surface area (Å²) >= 11 is 5.99. The molecule has 0 N–H and O–H groups in total. The molecule has 124 valence electrons. The lowest BCUT2D eigenvalue weighted by Gasteiger charge is -2.17. The third-order valence-electron chi connectivity index (χ3n) is 3.58. The van der Waals surface area contributed by atoms with Crippen molar-refractivity contribution in [3.63, 3.8) is 0 Å². The molecule has 0 aliphatic heterocycles. The van der Waals surface area contributed by atoms with Crippen LogP contribution >= 0.6 is 11.6 Å². The summed E-state index contributed by atoms with van der Waals surface area (Å²) < 4.78 is 26.4. The van der Waals surface area contributed by atoms with E-state index in [1.54, 1.807) is 24.0 Å². The van der Waals surface area contributed by atoms with Crippen molar-refractivity contribution in [3.05, 3.63) is 41.0 Å². The lowest BCUT2D eigenvalue weighted by molar-refractivity contribution is 0.201. The molecule has 0 atom stereocenters. The highest BCUT2D eigenvalue weighted by Gasteiger charge is 2.25. The van der Waals surface area contributed by atoms with Crippen molar-refractivity contribution in [2.24, 2.45) is 0 Å². The number of hydrogen-bond acceptors (Lipinski definition) is 4. The number of hydrogen-bond donors (Lipinski definition) is 0. The summed E-state index contributed by atoms with van der Waals surface area (Å²) in [5.41, 5.74) is 0.457. The third kappa shape index (κ3) is 3.25. The van der Waals surface area contributed by atoms with Gasteiger partial charge in [0.2, 0.25) is 9.84 Å². The number of carbonyl (C=O) groups is 1. The van der Waals surface area contributed by atoms with Crippen LogP contribution in [0.15, 0.2) is 40.4 Å². The van der Waals surface area contributed by atoms with Crippen LogP contribution in [0.1, 0.15) is 19.4 Å². The first-order chi connectivity index (χ1) is 10.8. The molecule has 1 aromatic carbocycles. The number of benzene rings is 1. The van der Waals surface area contributed by atoms with E-state index in [-0.39, 0.29) is 16.0 Å². The molecule has 0 aliphatic carbocycles. The fourth-order valence-corrected chi connectivity index (χ4v) is 3.85. The Hall–Kier alpha value is -1.86. The van der Waals surface area contributed by atoms with Gasteiger partial charge in [-0.05, 0) is 44.5 Å². The van der Waals surface area contributed by atoms with Gasteiger partial charge in [0.05, 0.1) is 4.90 Å². The van der Waals surface area contributed by atoms with E-state index in [0.717, 1.165) is 4.68 Å². The van der Waals surface area contributed by atoms with Gasteiger partial charge in [0.1, 0.15) is 0 Å². The SMILES string of the molecule is CCN(CC)C(=O)n1ccc(S(=O)(=O)c2cccc(Cl)c2C)n1.